The Kier molecular flexibility index (Phi) is 8.65. The lowest BCUT2D eigenvalue weighted by atomic mass is 10.1. The van der Waals surface area contributed by atoms with Crippen molar-refractivity contribution in [2.45, 2.75) is 31.5 Å². The van der Waals surface area contributed by atoms with Crippen LogP contribution in [0.1, 0.15) is 24.5 Å². The molecule has 1 aliphatic heterocycles. The van der Waals surface area contributed by atoms with E-state index in [4.69, 9.17) is 4.74 Å². The summed E-state index contributed by atoms with van der Waals surface area (Å²) in [5.74, 6) is -0.351. The molecule has 0 atom stereocenters. The summed E-state index contributed by atoms with van der Waals surface area (Å²) in [7, 11) is -3.70. The monoisotopic (exact) mass is 377 g/mol. The second-order valence-corrected chi connectivity index (χ2v) is 7.11. The molecule has 0 fully saturated rings. The van der Waals surface area contributed by atoms with E-state index in [0.29, 0.717) is 26.3 Å². The van der Waals surface area contributed by atoms with Crippen LogP contribution < -0.4 is 15.4 Å². The highest BCUT2D eigenvalue weighted by molar-refractivity contribution is 7.89. The molecule has 2 rings (SSSR count). The molecular formula is C15H24ClN3O4S. The Morgan fingerprint density at radius 1 is 1.17 bits per heavy atom. The van der Waals surface area contributed by atoms with Gasteiger partial charge in [0.1, 0.15) is 0 Å². The molecule has 0 unspecified atom stereocenters. The van der Waals surface area contributed by atoms with Crippen LogP contribution >= 0.6 is 12.4 Å². The van der Waals surface area contributed by atoms with Gasteiger partial charge in [-0.05, 0) is 36.2 Å². The summed E-state index contributed by atoms with van der Waals surface area (Å²) in [6.45, 7) is 4.75. The molecule has 0 aromatic heterocycles. The highest BCUT2D eigenvalue weighted by atomic mass is 35.5. The first kappa shape index (κ1) is 20.9. The van der Waals surface area contributed by atoms with Gasteiger partial charge in [0, 0.05) is 13.1 Å². The van der Waals surface area contributed by atoms with E-state index in [1.54, 1.807) is 12.1 Å². The van der Waals surface area contributed by atoms with E-state index in [9.17, 15) is 13.2 Å². The van der Waals surface area contributed by atoms with Gasteiger partial charge in [-0.2, -0.15) is 0 Å². The smallest absolute Gasteiger partial charge is 0.241 e. The fourth-order valence-corrected chi connectivity index (χ4v) is 3.25. The van der Waals surface area contributed by atoms with Crippen LogP contribution in [0.2, 0.25) is 0 Å². The second kappa shape index (κ2) is 9.95. The van der Waals surface area contributed by atoms with Gasteiger partial charge in [0.05, 0.1) is 24.7 Å². The lowest BCUT2D eigenvalue weighted by Crippen LogP contribution is -2.39. The minimum absolute atomic E-state index is 0. The largest absolute Gasteiger partial charge is 0.372 e. The predicted octanol–water partition coefficient (Wildman–Crippen LogP) is 0.533. The normalized spacial score (nSPS) is 13.2. The molecule has 1 heterocycles. The third kappa shape index (κ3) is 6.03. The van der Waals surface area contributed by atoms with Gasteiger partial charge in [-0.25, -0.2) is 13.1 Å². The molecule has 9 heteroatoms. The number of sulfonamides is 1. The van der Waals surface area contributed by atoms with Gasteiger partial charge < -0.3 is 15.4 Å². The number of rotatable bonds is 9. The molecule has 3 N–H and O–H groups in total. The Hall–Kier alpha value is -1.19. The third-order valence-electron chi connectivity index (χ3n) is 3.48. The highest BCUT2D eigenvalue weighted by Crippen LogP contribution is 2.22. The standard InChI is InChI=1S/C15H23N3O4S.ClH/c1-2-5-16-6-7-17-15(19)9-18-23(20,21)14-4-3-12-10-22-11-13(12)8-14;/h3-4,8,16,18H,2,5-7,9-11H2,1H3,(H,17,19);1H. The Balaban J connectivity index is 0.00000288. The molecule has 0 spiro atoms. The molecule has 7 nitrogen and oxygen atoms in total. The van der Waals surface area contributed by atoms with E-state index < -0.39 is 10.0 Å². The summed E-state index contributed by atoms with van der Waals surface area (Å²) < 4.78 is 32.0. The number of benzene rings is 1. The van der Waals surface area contributed by atoms with Crippen molar-refractivity contribution in [1.82, 2.24) is 15.4 Å². The maximum absolute atomic E-state index is 12.2. The van der Waals surface area contributed by atoms with Crippen LogP contribution in [0.4, 0.5) is 0 Å². The lowest BCUT2D eigenvalue weighted by Gasteiger charge is -2.09. The Bertz CT molecular complexity index is 652. The molecule has 1 aromatic rings. The molecular weight excluding hydrogens is 354 g/mol. The van der Waals surface area contributed by atoms with E-state index in [1.807, 2.05) is 0 Å². The summed E-state index contributed by atoms with van der Waals surface area (Å²) in [4.78, 5) is 11.8. The Morgan fingerprint density at radius 3 is 2.67 bits per heavy atom. The van der Waals surface area contributed by atoms with Crippen molar-refractivity contribution >= 4 is 28.3 Å². The first-order valence-corrected chi connectivity index (χ1v) is 9.18. The number of fused-ring (bicyclic) bond motifs is 1. The first-order valence-electron chi connectivity index (χ1n) is 7.69. The number of carbonyl (C=O) groups excluding carboxylic acids is 1. The zero-order valence-corrected chi connectivity index (χ0v) is 15.3. The van der Waals surface area contributed by atoms with E-state index >= 15 is 0 Å². The van der Waals surface area contributed by atoms with Crippen molar-refractivity contribution in [3.05, 3.63) is 29.3 Å². The quantitative estimate of drug-likeness (QED) is 0.545. The fraction of sp³-hybridized carbons (Fsp3) is 0.533. The molecule has 0 radical (unpaired) electrons. The van der Waals surface area contributed by atoms with Gasteiger partial charge in [0.2, 0.25) is 15.9 Å². The van der Waals surface area contributed by atoms with Crippen LogP contribution in [0.15, 0.2) is 23.1 Å². The zero-order valence-electron chi connectivity index (χ0n) is 13.6. The van der Waals surface area contributed by atoms with Crippen molar-refractivity contribution in [3.63, 3.8) is 0 Å². The van der Waals surface area contributed by atoms with Crippen LogP contribution in [0.5, 0.6) is 0 Å². The molecule has 0 saturated heterocycles. The molecule has 1 amide bonds. The summed E-state index contributed by atoms with van der Waals surface area (Å²) in [5.41, 5.74) is 1.88. The average molecular weight is 378 g/mol. The number of amides is 1. The van der Waals surface area contributed by atoms with E-state index in [2.05, 4.69) is 22.3 Å². The van der Waals surface area contributed by atoms with Gasteiger partial charge in [-0.15, -0.1) is 12.4 Å². The number of nitrogens with one attached hydrogen (secondary N) is 3. The maximum Gasteiger partial charge on any atom is 0.241 e. The van der Waals surface area contributed by atoms with Crippen LogP contribution in [0.25, 0.3) is 0 Å². The predicted molar refractivity (Wildman–Crippen MR) is 93.5 cm³/mol. The van der Waals surface area contributed by atoms with Crippen LogP contribution in [0, 0.1) is 0 Å². The highest BCUT2D eigenvalue weighted by Gasteiger charge is 2.19. The molecule has 0 bridgehead atoms. The molecule has 0 saturated carbocycles. The molecule has 24 heavy (non-hydrogen) atoms. The second-order valence-electron chi connectivity index (χ2n) is 5.35. The van der Waals surface area contributed by atoms with Crippen LogP contribution in [0.3, 0.4) is 0 Å². The van der Waals surface area contributed by atoms with E-state index in [-0.39, 0.29) is 29.8 Å². The maximum atomic E-state index is 12.2. The topological polar surface area (TPSA) is 96.5 Å². The SMILES string of the molecule is CCCNCCNC(=O)CNS(=O)(=O)c1ccc2c(c1)COC2.Cl. The number of halogens is 1. The van der Waals surface area contributed by atoms with Gasteiger partial charge in [-0.3, -0.25) is 4.79 Å². The van der Waals surface area contributed by atoms with Crippen molar-refractivity contribution in [1.29, 1.82) is 0 Å². The minimum Gasteiger partial charge on any atom is -0.372 e. The summed E-state index contributed by atoms with van der Waals surface area (Å²) in [6, 6.07) is 4.87. The molecule has 0 aliphatic carbocycles. The molecule has 136 valence electrons. The van der Waals surface area contributed by atoms with E-state index in [0.717, 1.165) is 24.1 Å². The third-order valence-corrected chi connectivity index (χ3v) is 4.88. The number of ether oxygens (including phenoxy) is 1. The van der Waals surface area contributed by atoms with Gasteiger partial charge in [0.25, 0.3) is 0 Å². The first-order chi connectivity index (χ1) is 11.0. The van der Waals surface area contributed by atoms with Crippen molar-refractivity contribution in [2.24, 2.45) is 0 Å². The Labute approximate surface area is 149 Å². The number of carbonyl (C=O) groups is 1. The number of hydrogen-bond donors (Lipinski definition) is 3. The van der Waals surface area contributed by atoms with Gasteiger partial charge in [-0.1, -0.05) is 13.0 Å². The Morgan fingerprint density at radius 2 is 1.92 bits per heavy atom. The van der Waals surface area contributed by atoms with Gasteiger partial charge in [0.15, 0.2) is 0 Å². The number of hydrogen-bond acceptors (Lipinski definition) is 5. The fourth-order valence-electron chi connectivity index (χ4n) is 2.21. The average Bonchev–Trinajstić information content (AvgIpc) is 3.00. The minimum atomic E-state index is -3.70. The summed E-state index contributed by atoms with van der Waals surface area (Å²) in [6.07, 6.45) is 1.03. The molecule has 1 aromatic carbocycles. The van der Waals surface area contributed by atoms with Crippen LogP contribution in [-0.4, -0.2) is 40.5 Å². The van der Waals surface area contributed by atoms with Crippen molar-refractivity contribution in [3.8, 4) is 0 Å². The summed E-state index contributed by atoms with van der Waals surface area (Å²) >= 11 is 0. The van der Waals surface area contributed by atoms with Crippen LogP contribution in [-0.2, 0) is 32.8 Å². The van der Waals surface area contributed by atoms with Crippen molar-refractivity contribution in [2.75, 3.05) is 26.2 Å². The van der Waals surface area contributed by atoms with E-state index in [1.165, 1.54) is 6.07 Å². The molecule has 1 aliphatic rings. The van der Waals surface area contributed by atoms with Gasteiger partial charge >= 0.3 is 0 Å². The summed E-state index contributed by atoms with van der Waals surface area (Å²) in [5, 5.41) is 5.81. The lowest BCUT2D eigenvalue weighted by molar-refractivity contribution is -0.119. The zero-order chi connectivity index (χ0) is 16.7. The van der Waals surface area contributed by atoms with Crippen molar-refractivity contribution < 1.29 is 17.9 Å².